The molecule has 0 saturated heterocycles. The van der Waals surface area contributed by atoms with Crippen molar-refractivity contribution in [3.8, 4) is 5.75 Å². The number of phenols is 1. The number of hydrogen-bond acceptors (Lipinski definition) is 3. The summed E-state index contributed by atoms with van der Waals surface area (Å²) in [4.78, 5) is 23.7. The van der Waals surface area contributed by atoms with E-state index in [4.69, 9.17) is 0 Å². The van der Waals surface area contributed by atoms with Crippen LogP contribution >= 0.6 is 0 Å². The van der Waals surface area contributed by atoms with Crippen molar-refractivity contribution in [1.29, 1.82) is 0 Å². The Labute approximate surface area is 101 Å². The molecule has 0 heterocycles. The molecule has 0 fully saturated rings. The van der Waals surface area contributed by atoms with E-state index < -0.39 is 0 Å². The minimum absolute atomic E-state index is 0.0807. The Balaban J connectivity index is 3.17. The van der Waals surface area contributed by atoms with Crippen LogP contribution in [0.3, 0.4) is 0 Å². The summed E-state index contributed by atoms with van der Waals surface area (Å²) in [5.41, 5.74) is 0.540. The molecule has 1 aromatic carbocycles. The van der Waals surface area contributed by atoms with Crippen LogP contribution in [0.5, 0.6) is 5.75 Å². The Morgan fingerprint density at radius 2 is 1.65 bits per heavy atom. The van der Waals surface area contributed by atoms with Gasteiger partial charge in [-0.15, -0.1) is 0 Å². The number of carbonyl (C=O) groups excluding carboxylic acids is 2. The van der Waals surface area contributed by atoms with Gasteiger partial charge in [0.25, 0.3) is 0 Å². The summed E-state index contributed by atoms with van der Waals surface area (Å²) in [6.45, 7) is 3.81. The number of benzene rings is 1. The third-order valence-corrected chi connectivity index (χ3v) is 2.58. The Bertz CT molecular complexity index is 421. The standard InChI is InChI=1S/C14H18O3/c1-3-6-11(15)10-8-5-9-13(17)14(10)12(16)7-4-2/h5,8-9,17H,3-4,6-7H2,1-2H3. The summed E-state index contributed by atoms with van der Waals surface area (Å²) < 4.78 is 0. The number of aromatic hydroxyl groups is 1. The monoisotopic (exact) mass is 234 g/mol. The van der Waals surface area contributed by atoms with Gasteiger partial charge in [-0.05, 0) is 18.9 Å². The third kappa shape index (κ3) is 3.16. The van der Waals surface area contributed by atoms with Crippen LogP contribution in [0.4, 0.5) is 0 Å². The van der Waals surface area contributed by atoms with Crippen LogP contribution < -0.4 is 0 Å². The number of hydrogen-bond donors (Lipinski definition) is 1. The van der Waals surface area contributed by atoms with Crippen LogP contribution in [0.25, 0.3) is 0 Å². The van der Waals surface area contributed by atoms with E-state index in [9.17, 15) is 14.7 Å². The maximum atomic E-state index is 11.9. The lowest BCUT2D eigenvalue weighted by Gasteiger charge is -2.09. The van der Waals surface area contributed by atoms with Crippen molar-refractivity contribution >= 4 is 11.6 Å². The molecule has 0 atom stereocenters. The zero-order chi connectivity index (χ0) is 12.8. The van der Waals surface area contributed by atoms with E-state index in [1.165, 1.54) is 6.07 Å². The van der Waals surface area contributed by atoms with Gasteiger partial charge in [0.05, 0.1) is 5.56 Å². The van der Waals surface area contributed by atoms with Crippen molar-refractivity contribution in [2.75, 3.05) is 0 Å². The summed E-state index contributed by atoms with van der Waals surface area (Å²) in [5, 5.41) is 9.73. The normalized spacial score (nSPS) is 10.2. The second kappa shape index (κ2) is 6.18. The second-order valence-electron chi connectivity index (χ2n) is 4.05. The highest BCUT2D eigenvalue weighted by atomic mass is 16.3. The van der Waals surface area contributed by atoms with Crippen molar-refractivity contribution in [3.63, 3.8) is 0 Å². The first-order chi connectivity index (χ1) is 8.11. The van der Waals surface area contributed by atoms with Crippen LogP contribution in [0, 0.1) is 0 Å². The summed E-state index contributed by atoms with van der Waals surface area (Å²) in [5.74, 6) is -0.335. The molecule has 0 spiro atoms. The van der Waals surface area contributed by atoms with E-state index >= 15 is 0 Å². The van der Waals surface area contributed by atoms with Gasteiger partial charge in [-0.1, -0.05) is 26.0 Å². The Morgan fingerprint density at radius 3 is 2.24 bits per heavy atom. The van der Waals surface area contributed by atoms with Gasteiger partial charge in [0, 0.05) is 18.4 Å². The van der Waals surface area contributed by atoms with Gasteiger partial charge in [0.2, 0.25) is 0 Å². The predicted molar refractivity (Wildman–Crippen MR) is 66.6 cm³/mol. The lowest BCUT2D eigenvalue weighted by molar-refractivity contribution is 0.0946. The Morgan fingerprint density at radius 1 is 1.06 bits per heavy atom. The minimum atomic E-state index is -0.162. The minimum Gasteiger partial charge on any atom is -0.507 e. The fraction of sp³-hybridized carbons (Fsp3) is 0.429. The first-order valence-electron chi connectivity index (χ1n) is 6.00. The van der Waals surface area contributed by atoms with E-state index in [2.05, 4.69) is 0 Å². The zero-order valence-electron chi connectivity index (χ0n) is 10.3. The highest BCUT2D eigenvalue weighted by Crippen LogP contribution is 2.24. The average molecular weight is 234 g/mol. The molecule has 0 saturated carbocycles. The number of rotatable bonds is 6. The molecule has 0 aromatic heterocycles. The van der Waals surface area contributed by atoms with Crippen LogP contribution in [0.1, 0.15) is 60.2 Å². The van der Waals surface area contributed by atoms with Gasteiger partial charge in [0.15, 0.2) is 11.6 Å². The van der Waals surface area contributed by atoms with E-state index in [0.717, 1.165) is 6.42 Å². The molecule has 1 aromatic rings. The molecule has 0 aliphatic rings. The second-order valence-corrected chi connectivity index (χ2v) is 4.05. The van der Waals surface area contributed by atoms with Crippen molar-refractivity contribution in [1.82, 2.24) is 0 Å². The molecule has 1 rings (SSSR count). The molecule has 3 nitrogen and oxygen atoms in total. The fourth-order valence-electron chi connectivity index (χ4n) is 1.78. The molecule has 92 valence electrons. The molecular weight excluding hydrogens is 216 g/mol. The van der Waals surface area contributed by atoms with E-state index in [1.54, 1.807) is 12.1 Å². The smallest absolute Gasteiger partial charge is 0.167 e. The topological polar surface area (TPSA) is 54.4 Å². The molecule has 17 heavy (non-hydrogen) atoms. The molecule has 0 bridgehead atoms. The predicted octanol–water partition coefficient (Wildman–Crippen LogP) is 3.36. The number of phenolic OH excluding ortho intramolecular Hbond substituents is 1. The third-order valence-electron chi connectivity index (χ3n) is 2.58. The molecule has 0 radical (unpaired) electrons. The summed E-state index contributed by atoms with van der Waals surface area (Å²) in [6, 6.07) is 4.66. The maximum absolute atomic E-state index is 11.9. The van der Waals surface area contributed by atoms with E-state index in [1.807, 2.05) is 13.8 Å². The molecule has 0 unspecified atom stereocenters. The number of ketones is 2. The van der Waals surface area contributed by atoms with Gasteiger partial charge in [-0.2, -0.15) is 0 Å². The van der Waals surface area contributed by atoms with E-state index in [-0.39, 0.29) is 22.9 Å². The van der Waals surface area contributed by atoms with Gasteiger partial charge < -0.3 is 5.11 Å². The molecule has 1 N–H and O–H groups in total. The van der Waals surface area contributed by atoms with Gasteiger partial charge in [-0.3, -0.25) is 9.59 Å². The molecule has 0 aliphatic heterocycles. The first kappa shape index (κ1) is 13.4. The lowest BCUT2D eigenvalue weighted by Crippen LogP contribution is -2.09. The number of carbonyl (C=O) groups is 2. The highest BCUT2D eigenvalue weighted by Gasteiger charge is 2.19. The fourth-order valence-corrected chi connectivity index (χ4v) is 1.78. The van der Waals surface area contributed by atoms with Crippen molar-refractivity contribution in [2.24, 2.45) is 0 Å². The van der Waals surface area contributed by atoms with Crippen molar-refractivity contribution in [2.45, 2.75) is 39.5 Å². The van der Waals surface area contributed by atoms with Crippen molar-refractivity contribution < 1.29 is 14.7 Å². The first-order valence-corrected chi connectivity index (χ1v) is 6.00. The summed E-state index contributed by atoms with van der Waals surface area (Å²) in [6.07, 6.45) is 2.18. The molecule has 0 amide bonds. The van der Waals surface area contributed by atoms with E-state index in [0.29, 0.717) is 24.8 Å². The van der Waals surface area contributed by atoms with Crippen LogP contribution in [0.2, 0.25) is 0 Å². The van der Waals surface area contributed by atoms with Crippen molar-refractivity contribution in [3.05, 3.63) is 29.3 Å². The Hall–Kier alpha value is -1.64. The SMILES string of the molecule is CCCC(=O)c1cccc(O)c1C(=O)CCC. The lowest BCUT2D eigenvalue weighted by atomic mass is 9.95. The molecule has 0 aliphatic carbocycles. The van der Waals surface area contributed by atoms with Crippen LogP contribution in [-0.4, -0.2) is 16.7 Å². The Kier molecular flexibility index (Phi) is 4.88. The number of Topliss-reactive ketones (excluding diaryl/α,β-unsaturated/α-hetero) is 2. The van der Waals surface area contributed by atoms with Crippen LogP contribution in [-0.2, 0) is 0 Å². The van der Waals surface area contributed by atoms with Gasteiger partial charge >= 0.3 is 0 Å². The summed E-state index contributed by atoms with van der Waals surface area (Å²) in [7, 11) is 0. The average Bonchev–Trinajstić information content (AvgIpc) is 2.29. The maximum Gasteiger partial charge on any atom is 0.167 e. The highest BCUT2D eigenvalue weighted by molar-refractivity contribution is 6.10. The van der Waals surface area contributed by atoms with Crippen LogP contribution in [0.15, 0.2) is 18.2 Å². The molecule has 3 heteroatoms. The zero-order valence-corrected chi connectivity index (χ0v) is 10.3. The summed E-state index contributed by atoms with van der Waals surface area (Å²) >= 11 is 0. The molecular formula is C14H18O3. The largest absolute Gasteiger partial charge is 0.507 e. The quantitative estimate of drug-likeness (QED) is 0.768. The van der Waals surface area contributed by atoms with Gasteiger partial charge in [-0.25, -0.2) is 0 Å². The van der Waals surface area contributed by atoms with Gasteiger partial charge in [0.1, 0.15) is 5.75 Å².